The first kappa shape index (κ1) is 25.9. The molecule has 0 N–H and O–H groups in total. The Kier molecular flexibility index (Phi) is 7.83. The van der Waals surface area contributed by atoms with Crippen LogP contribution in [0, 0.1) is 7.14 Å². The predicted molar refractivity (Wildman–Crippen MR) is 180 cm³/mol. The number of rotatable bonds is 5. The van der Waals surface area contributed by atoms with Gasteiger partial charge < -0.3 is 0 Å². The lowest BCUT2D eigenvalue weighted by atomic mass is 9.76. The minimum Gasteiger partial charge on any atom is -0.153 e. The molecule has 5 aromatic carbocycles. The maximum absolute atomic E-state index is 5.07. The Morgan fingerprint density at radius 1 is 0.436 bits per heavy atom. The molecule has 0 saturated heterocycles. The number of hydrogen-bond acceptors (Lipinski definition) is 2. The van der Waals surface area contributed by atoms with E-state index in [0.717, 1.165) is 39.3 Å². The summed E-state index contributed by atoms with van der Waals surface area (Å²) in [6, 6.07) is 49.2. The molecule has 0 bridgehead atoms. The van der Waals surface area contributed by atoms with E-state index in [9.17, 15) is 0 Å². The molecule has 1 aliphatic rings. The normalized spacial score (nSPS) is 15.4. The van der Waals surface area contributed by atoms with Crippen molar-refractivity contribution in [3.63, 3.8) is 0 Å². The van der Waals surface area contributed by atoms with Crippen LogP contribution in [0.4, 0.5) is 0 Å². The van der Waals surface area contributed by atoms with Crippen molar-refractivity contribution in [1.29, 1.82) is 0 Å². The maximum atomic E-state index is 5.07. The zero-order chi connectivity index (χ0) is 26.6. The van der Waals surface area contributed by atoms with Crippen LogP contribution in [-0.4, -0.2) is 11.4 Å². The largest absolute Gasteiger partial charge is 0.153 e. The molecule has 1 atom stereocenters. The highest BCUT2D eigenvalue weighted by atomic mass is 127. The van der Waals surface area contributed by atoms with Crippen molar-refractivity contribution in [3.8, 4) is 0 Å². The second-order valence-corrected chi connectivity index (χ2v) is 11.8. The van der Waals surface area contributed by atoms with Crippen LogP contribution in [0.2, 0.25) is 0 Å². The zero-order valence-electron chi connectivity index (χ0n) is 21.0. The molecular formula is C35H24I2N2. The minimum absolute atomic E-state index is 0.131. The molecule has 1 aliphatic heterocycles. The Morgan fingerprint density at radius 3 is 1.49 bits per heavy atom. The molecule has 2 nitrogen and oxygen atoms in total. The van der Waals surface area contributed by atoms with Crippen LogP contribution in [0.1, 0.15) is 33.7 Å². The summed E-state index contributed by atoms with van der Waals surface area (Å²) in [4.78, 5) is 0. The van der Waals surface area contributed by atoms with Crippen LogP contribution in [0.5, 0.6) is 0 Å². The summed E-state index contributed by atoms with van der Waals surface area (Å²) in [5, 5.41) is 10.1. The van der Waals surface area contributed by atoms with Gasteiger partial charge >= 0.3 is 0 Å². The van der Waals surface area contributed by atoms with Gasteiger partial charge in [0.2, 0.25) is 0 Å². The number of benzene rings is 5. The molecule has 0 radical (unpaired) electrons. The van der Waals surface area contributed by atoms with Crippen molar-refractivity contribution in [2.75, 3.05) is 0 Å². The van der Waals surface area contributed by atoms with Gasteiger partial charge in [-0.15, -0.1) is 5.10 Å². The third-order valence-electron chi connectivity index (χ3n) is 6.86. The Labute approximate surface area is 256 Å². The maximum Gasteiger partial charge on any atom is 0.101 e. The van der Waals surface area contributed by atoms with E-state index in [1.807, 2.05) is 0 Å². The fourth-order valence-electron chi connectivity index (χ4n) is 5.07. The Hall–Kier alpha value is -3.36. The van der Waals surface area contributed by atoms with Crippen LogP contribution in [0.25, 0.3) is 11.1 Å². The van der Waals surface area contributed by atoms with Crippen LogP contribution in [0.3, 0.4) is 0 Å². The summed E-state index contributed by atoms with van der Waals surface area (Å²) in [7, 11) is 0. The summed E-state index contributed by atoms with van der Waals surface area (Å²) in [6.45, 7) is 0. The lowest BCUT2D eigenvalue weighted by Gasteiger charge is -2.26. The Balaban J connectivity index is 1.75. The van der Waals surface area contributed by atoms with E-state index in [4.69, 9.17) is 10.2 Å². The van der Waals surface area contributed by atoms with Crippen LogP contribution < -0.4 is 0 Å². The minimum atomic E-state index is -0.131. The average Bonchev–Trinajstić information content (AvgIpc) is 3.17. The molecule has 188 valence electrons. The van der Waals surface area contributed by atoms with Crippen LogP contribution >= 0.6 is 45.2 Å². The molecular weight excluding hydrogens is 702 g/mol. The van der Waals surface area contributed by atoms with E-state index in [-0.39, 0.29) is 5.92 Å². The SMILES string of the molecule is Ic1ccc(C2=NN=C(c3ccc(I)cc3)C(c3ccccc3)C(c3ccccc3)=C2c2ccccc2)cc1. The first-order valence-electron chi connectivity index (χ1n) is 12.8. The van der Waals surface area contributed by atoms with Crippen LogP contribution in [0.15, 0.2) is 150 Å². The van der Waals surface area contributed by atoms with Gasteiger partial charge in [-0.3, -0.25) is 0 Å². The summed E-state index contributed by atoms with van der Waals surface area (Å²) in [6.07, 6.45) is 0. The number of allylic oxidation sites excluding steroid dienone is 2. The van der Waals surface area contributed by atoms with E-state index in [2.05, 4.69) is 185 Å². The van der Waals surface area contributed by atoms with Crippen molar-refractivity contribution in [3.05, 3.63) is 174 Å². The lowest BCUT2D eigenvalue weighted by Crippen LogP contribution is -2.17. The highest BCUT2D eigenvalue weighted by Gasteiger charge is 2.32. The van der Waals surface area contributed by atoms with E-state index in [1.165, 1.54) is 18.3 Å². The smallest absolute Gasteiger partial charge is 0.101 e. The second-order valence-electron chi connectivity index (χ2n) is 9.31. The number of halogens is 2. The molecule has 0 fully saturated rings. The molecule has 6 rings (SSSR count). The number of nitrogens with zero attached hydrogens (tertiary/aromatic N) is 2. The average molecular weight is 726 g/mol. The quantitative estimate of drug-likeness (QED) is 0.161. The monoisotopic (exact) mass is 726 g/mol. The fourth-order valence-corrected chi connectivity index (χ4v) is 5.79. The third-order valence-corrected chi connectivity index (χ3v) is 8.30. The van der Waals surface area contributed by atoms with Crippen molar-refractivity contribution in [1.82, 2.24) is 0 Å². The number of hydrogen-bond donors (Lipinski definition) is 0. The van der Waals surface area contributed by atoms with Gasteiger partial charge in [0.1, 0.15) is 5.71 Å². The molecule has 0 amide bonds. The molecule has 0 saturated carbocycles. The van der Waals surface area contributed by atoms with Gasteiger partial charge in [-0.25, -0.2) is 0 Å². The molecule has 1 heterocycles. The lowest BCUT2D eigenvalue weighted by molar-refractivity contribution is 1.12. The van der Waals surface area contributed by atoms with Crippen molar-refractivity contribution in [2.24, 2.45) is 10.2 Å². The van der Waals surface area contributed by atoms with Crippen molar-refractivity contribution in [2.45, 2.75) is 5.92 Å². The van der Waals surface area contributed by atoms with Gasteiger partial charge in [0.15, 0.2) is 0 Å². The van der Waals surface area contributed by atoms with Crippen molar-refractivity contribution < 1.29 is 0 Å². The molecule has 39 heavy (non-hydrogen) atoms. The topological polar surface area (TPSA) is 24.7 Å². The van der Waals surface area contributed by atoms with E-state index in [0.29, 0.717) is 0 Å². The van der Waals surface area contributed by atoms with Crippen molar-refractivity contribution >= 4 is 67.8 Å². The molecule has 0 spiro atoms. The Morgan fingerprint density at radius 2 is 0.923 bits per heavy atom. The van der Waals surface area contributed by atoms with E-state index >= 15 is 0 Å². The molecule has 1 unspecified atom stereocenters. The summed E-state index contributed by atoms with van der Waals surface area (Å²) in [5.41, 5.74) is 9.67. The zero-order valence-corrected chi connectivity index (χ0v) is 25.3. The Bertz CT molecular complexity index is 1670. The highest BCUT2D eigenvalue weighted by Crippen LogP contribution is 2.43. The van der Waals surface area contributed by atoms with Crippen LogP contribution in [-0.2, 0) is 0 Å². The predicted octanol–water partition coefficient (Wildman–Crippen LogP) is 9.50. The van der Waals surface area contributed by atoms with Gasteiger partial charge in [0, 0.05) is 18.3 Å². The van der Waals surface area contributed by atoms with Gasteiger partial charge in [0.25, 0.3) is 0 Å². The van der Waals surface area contributed by atoms with E-state index in [1.54, 1.807) is 0 Å². The second kappa shape index (κ2) is 11.8. The highest BCUT2D eigenvalue weighted by molar-refractivity contribution is 14.1. The van der Waals surface area contributed by atoms with Gasteiger partial charge in [-0.1, -0.05) is 115 Å². The molecule has 0 aliphatic carbocycles. The first-order chi connectivity index (χ1) is 19.2. The fraction of sp³-hybridized carbons (Fsp3) is 0.0286. The summed E-state index contributed by atoms with van der Waals surface area (Å²) in [5.74, 6) is -0.131. The standard InChI is InChI=1S/C35H24I2N2/c36-29-20-16-27(17-21-29)34-32(25-12-6-2-7-13-25)31(24-10-4-1-5-11-24)33(26-14-8-3-9-15-26)35(39-38-34)28-18-22-30(37)23-19-28/h1-23,32H. The first-order valence-corrected chi connectivity index (χ1v) is 14.9. The van der Waals surface area contributed by atoms with E-state index < -0.39 is 0 Å². The molecule has 5 aromatic rings. The van der Waals surface area contributed by atoms with Gasteiger partial charge in [-0.2, -0.15) is 5.10 Å². The summed E-state index contributed by atoms with van der Waals surface area (Å²) >= 11 is 4.70. The van der Waals surface area contributed by atoms with Gasteiger partial charge in [0.05, 0.1) is 11.6 Å². The van der Waals surface area contributed by atoms with Gasteiger partial charge in [-0.05, 0) is 97.3 Å². The summed E-state index contributed by atoms with van der Waals surface area (Å²) < 4.78 is 2.37. The third kappa shape index (κ3) is 5.54. The molecule has 0 aromatic heterocycles. The molecule has 4 heteroatoms.